The van der Waals surface area contributed by atoms with Gasteiger partial charge in [-0.2, -0.15) is 0 Å². The van der Waals surface area contributed by atoms with Gasteiger partial charge in [0, 0.05) is 5.54 Å². The van der Waals surface area contributed by atoms with Crippen molar-refractivity contribution in [2.75, 3.05) is 6.54 Å². The Morgan fingerprint density at radius 2 is 2.16 bits per heavy atom. The molecule has 1 aromatic heterocycles. The van der Waals surface area contributed by atoms with Crippen molar-refractivity contribution in [1.29, 1.82) is 0 Å². The first-order valence-corrected chi connectivity index (χ1v) is 7.56. The van der Waals surface area contributed by atoms with E-state index in [0.29, 0.717) is 6.54 Å². The molecule has 3 nitrogen and oxygen atoms in total. The maximum atomic E-state index is 12.2. The van der Waals surface area contributed by atoms with Crippen molar-refractivity contribution in [2.45, 2.75) is 44.6 Å². The Kier molecular flexibility index (Phi) is 4.62. The Morgan fingerprint density at radius 1 is 1.42 bits per heavy atom. The topological polar surface area (TPSA) is 55.1 Å². The quantitative estimate of drug-likeness (QED) is 0.816. The molecule has 1 heterocycles. The number of rotatable bonds is 2. The van der Waals surface area contributed by atoms with E-state index in [4.69, 9.17) is 5.73 Å². The van der Waals surface area contributed by atoms with Crippen LogP contribution in [0.25, 0.3) is 0 Å². The third-order valence-electron chi connectivity index (χ3n) is 3.52. The van der Waals surface area contributed by atoms with E-state index in [2.05, 4.69) is 24.1 Å². The molecular weight excluding hydrogens is 256 g/mol. The second-order valence-electron chi connectivity index (χ2n) is 5.25. The zero-order chi connectivity index (χ0) is 13.7. The zero-order valence-corrected chi connectivity index (χ0v) is 12.1. The minimum absolute atomic E-state index is 0.0233. The Morgan fingerprint density at radius 3 is 2.84 bits per heavy atom. The van der Waals surface area contributed by atoms with Crippen molar-refractivity contribution < 1.29 is 4.79 Å². The van der Waals surface area contributed by atoms with E-state index in [0.717, 1.165) is 22.6 Å². The molecule has 1 amide bonds. The highest BCUT2D eigenvalue weighted by Gasteiger charge is 2.28. The minimum Gasteiger partial charge on any atom is -0.346 e. The van der Waals surface area contributed by atoms with Crippen LogP contribution in [0.5, 0.6) is 0 Å². The predicted octanol–water partition coefficient (Wildman–Crippen LogP) is 2.51. The lowest BCUT2D eigenvalue weighted by atomic mass is 9.83. The largest absolute Gasteiger partial charge is 0.346 e. The summed E-state index contributed by atoms with van der Waals surface area (Å²) in [5.41, 5.74) is 5.30. The monoisotopic (exact) mass is 276 g/mol. The van der Waals surface area contributed by atoms with Gasteiger partial charge in [0.1, 0.15) is 0 Å². The molecule has 0 spiro atoms. The number of thiophene rings is 1. The van der Waals surface area contributed by atoms with Crippen LogP contribution in [0.15, 0.2) is 12.1 Å². The van der Waals surface area contributed by atoms with E-state index in [1.807, 2.05) is 12.1 Å². The Balaban J connectivity index is 2.01. The van der Waals surface area contributed by atoms with Gasteiger partial charge in [-0.3, -0.25) is 4.79 Å². The van der Waals surface area contributed by atoms with Crippen LogP contribution in [-0.4, -0.2) is 18.0 Å². The summed E-state index contributed by atoms with van der Waals surface area (Å²) in [6, 6.07) is 3.72. The fourth-order valence-electron chi connectivity index (χ4n) is 2.46. The normalized spacial score (nSPS) is 17.4. The molecule has 0 bridgehead atoms. The SMILES string of the molecule is CC1(NC(=O)c2ccc(C#CCN)s2)CCCCC1. The molecule has 1 aromatic rings. The van der Waals surface area contributed by atoms with E-state index >= 15 is 0 Å². The summed E-state index contributed by atoms with van der Waals surface area (Å²) in [5, 5.41) is 3.18. The third kappa shape index (κ3) is 3.82. The van der Waals surface area contributed by atoms with Gasteiger partial charge < -0.3 is 11.1 Å². The van der Waals surface area contributed by atoms with Crippen molar-refractivity contribution in [3.05, 3.63) is 21.9 Å². The van der Waals surface area contributed by atoms with Crippen molar-refractivity contribution in [1.82, 2.24) is 5.32 Å². The number of hydrogen-bond donors (Lipinski definition) is 2. The fourth-order valence-corrected chi connectivity index (χ4v) is 3.23. The van der Waals surface area contributed by atoms with Gasteiger partial charge in [0.2, 0.25) is 0 Å². The van der Waals surface area contributed by atoms with E-state index in [-0.39, 0.29) is 11.4 Å². The summed E-state index contributed by atoms with van der Waals surface area (Å²) in [7, 11) is 0. The Hall–Kier alpha value is -1.31. The van der Waals surface area contributed by atoms with Gasteiger partial charge in [0.25, 0.3) is 5.91 Å². The van der Waals surface area contributed by atoms with Crippen LogP contribution in [0.3, 0.4) is 0 Å². The zero-order valence-electron chi connectivity index (χ0n) is 11.3. The number of hydrogen-bond acceptors (Lipinski definition) is 3. The first-order chi connectivity index (χ1) is 9.13. The molecule has 0 radical (unpaired) electrons. The molecule has 0 atom stereocenters. The van der Waals surface area contributed by atoms with Crippen LogP contribution >= 0.6 is 11.3 Å². The fraction of sp³-hybridized carbons (Fsp3) is 0.533. The Labute approximate surface area is 118 Å². The summed E-state index contributed by atoms with van der Waals surface area (Å²) >= 11 is 1.43. The van der Waals surface area contributed by atoms with Crippen LogP contribution in [0.1, 0.15) is 53.6 Å². The lowest BCUT2D eigenvalue weighted by Crippen LogP contribution is -2.46. The molecule has 1 fully saturated rings. The molecule has 0 unspecified atom stereocenters. The minimum atomic E-state index is -0.0393. The van der Waals surface area contributed by atoms with Gasteiger partial charge >= 0.3 is 0 Å². The summed E-state index contributed by atoms with van der Waals surface area (Å²) in [6.45, 7) is 2.49. The standard InChI is InChI=1S/C15H20N2OS/c1-15(9-3-2-4-10-15)17-14(18)13-8-7-12(19-13)6-5-11-16/h7-8H,2-4,9-11,16H2,1H3,(H,17,18). The summed E-state index contributed by atoms with van der Waals surface area (Å²) < 4.78 is 0. The highest BCUT2D eigenvalue weighted by Crippen LogP contribution is 2.28. The molecule has 1 aliphatic rings. The molecule has 4 heteroatoms. The van der Waals surface area contributed by atoms with Crippen molar-refractivity contribution >= 4 is 17.2 Å². The molecule has 102 valence electrons. The highest BCUT2D eigenvalue weighted by molar-refractivity contribution is 7.14. The number of carbonyl (C=O) groups is 1. The summed E-state index contributed by atoms with van der Waals surface area (Å²) in [6.07, 6.45) is 5.83. The molecule has 1 saturated carbocycles. The van der Waals surface area contributed by atoms with E-state index in [1.54, 1.807) is 0 Å². The van der Waals surface area contributed by atoms with Crippen LogP contribution < -0.4 is 11.1 Å². The van der Waals surface area contributed by atoms with Crippen LogP contribution in [0.2, 0.25) is 0 Å². The number of amides is 1. The molecule has 1 aliphatic carbocycles. The second kappa shape index (κ2) is 6.23. The summed E-state index contributed by atoms with van der Waals surface area (Å²) in [4.78, 5) is 13.9. The first kappa shape index (κ1) is 14.1. The maximum absolute atomic E-state index is 12.2. The third-order valence-corrected chi connectivity index (χ3v) is 4.52. The van der Waals surface area contributed by atoms with Gasteiger partial charge in [-0.15, -0.1) is 11.3 Å². The average molecular weight is 276 g/mol. The van der Waals surface area contributed by atoms with Gasteiger partial charge in [0.15, 0.2) is 0 Å². The molecule has 2 rings (SSSR count). The van der Waals surface area contributed by atoms with Crippen molar-refractivity contribution in [3.8, 4) is 11.8 Å². The van der Waals surface area contributed by atoms with E-state index in [9.17, 15) is 4.79 Å². The van der Waals surface area contributed by atoms with E-state index < -0.39 is 0 Å². The molecule has 19 heavy (non-hydrogen) atoms. The van der Waals surface area contributed by atoms with Crippen molar-refractivity contribution in [2.24, 2.45) is 5.73 Å². The molecule has 0 saturated heterocycles. The van der Waals surface area contributed by atoms with Crippen molar-refractivity contribution in [3.63, 3.8) is 0 Å². The lowest BCUT2D eigenvalue weighted by molar-refractivity contribution is 0.0887. The maximum Gasteiger partial charge on any atom is 0.261 e. The van der Waals surface area contributed by atoms with Gasteiger partial charge in [-0.1, -0.05) is 31.1 Å². The van der Waals surface area contributed by atoms with E-state index in [1.165, 1.54) is 30.6 Å². The number of nitrogens with one attached hydrogen (secondary N) is 1. The van der Waals surface area contributed by atoms with Crippen LogP contribution in [-0.2, 0) is 0 Å². The lowest BCUT2D eigenvalue weighted by Gasteiger charge is -2.34. The van der Waals surface area contributed by atoms with Gasteiger partial charge in [-0.25, -0.2) is 0 Å². The number of carbonyl (C=O) groups excluding carboxylic acids is 1. The van der Waals surface area contributed by atoms with Crippen LogP contribution in [0.4, 0.5) is 0 Å². The molecule has 0 aromatic carbocycles. The predicted molar refractivity (Wildman–Crippen MR) is 79.2 cm³/mol. The molecule has 0 aliphatic heterocycles. The first-order valence-electron chi connectivity index (χ1n) is 6.74. The smallest absolute Gasteiger partial charge is 0.261 e. The Bertz CT molecular complexity index is 504. The molecular formula is C15H20N2OS. The highest BCUT2D eigenvalue weighted by atomic mass is 32.1. The number of nitrogens with two attached hydrogens (primary N) is 1. The van der Waals surface area contributed by atoms with Gasteiger partial charge in [-0.05, 0) is 31.9 Å². The summed E-state index contributed by atoms with van der Waals surface area (Å²) in [5.74, 6) is 5.78. The average Bonchev–Trinajstić information content (AvgIpc) is 2.85. The van der Waals surface area contributed by atoms with Crippen LogP contribution in [0, 0.1) is 11.8 Å². The van der Waals surface area contributed by atoms with Gasteiger partial charge in [0.05, 0.1) is 16.3 Å². The second-order valence-corrected chi connectivity index (χ2v) is 6.33. The molecule has 3 N–H and O–H groups in total.